The molecule has 7 nitrogen and oxygen atoms in total. The van der Waals surface area contributed by atoms with Gasteiger partial charge in [-0.15, -0.1) is 0 Å². The maximum atomic E-state index is 11.8. The van der Waals surface area contributed by atoms with Gasteiger partial charge in [0.15, 0.2) is 0 Å². The van der Waals surface area contributed by atoms with Crippen LogP contribution < -0.4 is 56.5 Å². The summed E-state index contributed by atoms with van der Waals surface area (Å²) in [5, 5.41) is 33.1. The second-order valence-electron chi connectivity index (χ2n) is 4.61. The van der Waals surface area contributed by atoms with E-state index in [2.05, 4.69) is 0 Å². The van der Waals surface area contributed by atoms with E-state index in [0.717, 1.165) is 6.07 Å². The molecular formula is C10H11KN2O5. The third kappa shape index (κ3) is 3.72. The van der Waals surface area contributed by atoms with Crippen LogP contribution in [0.4, 0.5) is 11.4 Å². The SMILES string of the molecule is CC(C)(C)c1cc([N+](=O)[O-])cc([N+](=O)[O-])c1[O-].[K+]. The zero-order valence-electron chi connectivity index (χ0n) is 10.6. The molecule has 0 heterocycles. The Morgan fingerprint density at radius 2 is 1.56 bits per heavy atom. The van der Waals surface area contributed by atoms with Gasteiger partial charge in [0.25, 0.3) is 11.4 Å². The second kappa shape index (κ2) is 6.07. The van der Waals surface area contributed by atoms with Gasteiger partial charge in [0.1, 0.15) is 0 Å². The first-order valence-electron chi connectivity index (χ1n) is 4.79. The maximum Gasteiger partial charge on any atom is 1.00 e. The van der Waals surface area contributed by atoms with Crippen molar-refractivity contribution >= 4 is 11.4 Å². The van der Waals surface area contributed by atoms with E-state index in [0.29, 0.717) is 6.07 Å². The van der Waals surface area contributed by atoms with E-state index in [1.807, 2.05) is 0 Å². The Kier molecular flexibility index (Phi) is 5.88. The van der Waals surface area contributed by atoms with E-state index in [4.69, 9.17) is 0 Å². The fourth-order valence-corrected chi connectivity index (χ4v) is 1.40. The van der Waals surface area contributed by atoms with Crippen LogP contribution in [0.1, 0.15) is 26.3 Å². The number of nitro groups is 2. The molecule has 0 saturated carbocycles. The Morgan fingerprint density at radius 3 is 1.89 bits per heavy atom. The molecule has 0 aliphatic rings. The molecule has 0 aliphatic carbocycles. The predicted molar refractivity (Wildman–Crippen MR) is 57.9 cm³/mol. The monoisotopic (exact) mass is 278 g/mol. The van der Waals surface area contributed by atoms with E-state index in [1.165, 1.54) is 0 Å². The Bertz CT molecular complexity index is 496. The van der Waals surface area contributed by atoms with E-state index in [1.54, 1.807) is 20.8 Å². The number of hydrogen-bond acceptors (Lipinski definition) is 5. The minimum absolute atomic E-state index is 0. The first-order valence-corrected chi connectivity index (χ1v) is 4.79. The molecule has 1 aromatic rings. The molecule has 0 aromatic heterocycles. The summed E-state index contributed by atoms with van der Waals surface area (Å²) in [7, 11) is 0. The van der Waals surface area contributed by atoms with Crippen LogP contribution in [0.15, 0.2) is 12.1 Å². The van der Waals surface area contributed by atoms with Crippen molar-refractivity contribution in [2.24, 2.45) is 0 Å². The van der Waals surface area contributed by atoms with Crippen molar-refractivity contribution in [1.29, 1.82) is 0 Å². The van der Waals surface area contributed by atoms with Gasteiger partial charge in [0.05, 0.1) is 15.9 Å². The van der Waals surface area contributed by atoms with Gasteiger partial charge in [-0.1, -0.05) is 20.8 Å². The summed E-state index contributed by atoms with van der Waals surface area (Å²) < 4.78 is 0. The van der Waals surface area contributed by atoms with Gasteiger partial charge in [-0.3, -0.25) is 20.2 Å². The zero-order chi connectivity index (χ0) is 13.4. The van der Waals surface area contributed by atoms with Crippen molar-refractivity contribution in [3.63, 3.8) is 0 Å². The van der Waals surface area contributed by atoms with Gasteiger partial charge in [-0.05, 0) is 16.7 Å². The molecule has 0 fully saturated rings. The molecule has 0 spiro atoms. The Labute approximate surface area is 146 Å². The Hall–Kier alpha value is -0.544. The summed E-state index contributed by atoms with van der Waals surface area (Å²) in [6.45, 7) is 4.99. The van der Waals surface area contributed by atoms with Crippen LogP contribution in [0.2, 0.25) is 0 Å². The fraction of sp³-hybridized carbons (Fsp3) is 0.400. The van der Waals surface area contributed by atoms with Gasteiger partial charge in [-0.25, -0.2) is 0 Å². The molecule has 0 N–H and O–H groups in total. The number of benzene rings is 1. The van der Waals surface area contributed by atoms with Crippen molar-refractivity contribution in [3.05, 3.63) is 37.9 Å². The summed E-state index contributed by atoms with van der Waals surface area (Å²) in [5.41, 5.74) is -1.82. The van der Waals surface area contributed by atoms with Gasteiger partial charge in [-0.2, -0.15) is 0 Å². The average molecular weight is 278 g/mol. The van der Waals surface area contributed by atoms with Crippen molar-refractivity contribution in [3.8, 4) is 5.75 Å². The molecule has 8 heteroatoms. The topological polar surface area (TPSA) is 109 Å². The van der Waals surface area contributed by atoms with Crippen LogP contribution in [0.3, 0.4) is 0 Å². The van der Waals surface area contributed by atoms with Gasteiger partial charge in [0, 0.05) is 6.07 Å². The van der Waals surface area contributed by atoms with Crippen molar-refractivity contribution in [1.82, 2.24) is 0 Å². The standard InChI is InChI=1S/C10H12N2O5.K/c1-10(2,3)7-4-6(11(14)15)5-8(9(7)13)12(16)17;/h4-5,13H,1-3H3;/q;+1/p-1. The number of nitro benzene ring substituents is 2. The first kappa shape index (κ1) is 17.5. The van der Waals surface area contributed by atoms with Crippen LogP contribution in [-0.2, 0) is 5.41 Å². The molecule has 1 aromatic carbocycles. The summed E-state index contributed by atoms with van der Waals surface area (Å²) in [6.07, 6.45) is 0. The second-order valence-corrected chi connectivity index (χ2v) is 4.61. The van der Waals surface area contributed by atoms with Crippen molar-refractivity contribution in [2.75, 3.05) is 0 Å². The van der Waals surface area contributed by atoms with Crippen LogP contribution in [-0.4, -0.2) is 9.85 Å². The molecule has 18 heavy (non-hydrogen) atoms. The first-order chi connectivity index (χ1) is 7.64. The molecule has 0 bridgehead atoms. The maximum absolute atomic E-state index is 11.8. The Balaban J connectivity index is 0.00000289. The molecule has 92 valence electrons. The van der Waals surface area contributed by atoms with Crippen molar-refractivity contribution < 1.29 is 66.3 Å². The van der Waals surface area contributed by atoms with Crippen LogP contribution >= 0.6 is 0 Å². The molecule has 0 amide bonds. The van der Waals surface area contributed by atoms with Crippen LogP contribution in [0, 0.1) is 20.2 Å². The molecule has 0 unspecified atom stereocenters. The molecule has 0 saturated heterocycles. The number of hydrogen-bond donors (Lipinski definition) is 0. The molecule has 0 radical (unpaired) electrons. The molecule has 0 atom stereocenters. The number of rotatable bonds is 2. The third-order valence-electron chi connectivity index (χ3n) is 2.27. The largest absolute Gasteiger partial charge is 1.00 e. The fourth-order valence-electron chi connectivity index (χ4n) is 1.40. The molecule has 1 rings (SSSR count). The van der Waals surface area contributed by atoms with E-state index >= 15 is 0 Å². The van der Waals surface area contributed by atoms with Crippen molar-refractivity contribution in [2.45, 2.75) is 26.2 Å². The van der Waals surface area contributed by atoms with E-state index < -0.39 is 32.4 Å². The van der Waals surface area contributed by atoms with Crippen LogP contribution in [0.5, 0.6) is 5.75 Å². The summed E-state index contributed by atoms with van der Waals surface area (Å²) in [4.78, 5) is 19.7. The summed E-state index contributed by atoms with van der Waals surface area (Å²) >= 11 is 0. The smallest absolute Gasteiger partial charge is 0.868 e. The Morgan fingerprint density at radius 1 is 1.06 bits per heavy atom. The third-order valence-corrected chi connectivity index (χ3v) is 2.27. The summed E-state index contributed by atoms with van der Waals surface area (Å²) in [6, 6.07) is 1.78. The molecule has 0 aliphatic heterocycles. The normalized spacial score (nSPS) is 10.6. The average Bonchev–Trinajstić information content (AvgIpc) is 2.15. The number of non-ortho nitro benzene ring substituents is 1. The van der Waals surface area contributed by atoms with Gasteiger partial charge in [0.2, 0.25) is 0 Å². The van der Waals surface area contributed by atoms with Gasteiger partial charge >= 0.3 is 51.4 Å². The van der Waals surface area contributed by atoms with Gasteiger partial charge < -0.3 is 5.11 Å². The zero-order valence-corrected chi connectivity index (χ0v) is 13.7. The quantitative estimate of drug-likeness (QED) is 0.386. The van der Waals surface area contributed by atoms with E-state index in [-0.39, 0.29) is 56.9 Å². The van der Waals surface area contributed by atoms with Crippen LogP contribution in [0.25, 0.3) is 0 Å². The molecular weight excluding hydrogens is 267 g/mol. The number of nitrogens with zero attached hydrogens (tertiary/aromatic N) is 2. The summed E-state index contributed by atoms with van der Waals surface area (Å²) in [5.74, 6) is -0.770. The predicted octanol–water partition coefficient (Wildman–Crippen LogP) is -1.12. The minimum Gasteiger partial charge on any atom is -0.868 e. The minimum atomic E-state index is -0.898. The van der Waals surface area contributed by atoms with E-state index in [9.17, 15) is 25.3 Å².